The highest BCUT2D eigenvalue weighted by molar-refractivity contribution is 7.92. The monoisotopic (exact) mass is 331 g/mol. The van der Waals surface area contributed by atoms with E-state index in [1.807, 2.05) is 0 Å². The Morgan fingerprint density at radius 1 is 1.24 bits per heavy atom. The number of nitrogens with zero attached hydrogens (tertiary/aromatic N) is 1. The molecule has 1 aliphatic rings. The molecule has 2 rings (SSSR count). The lowest BCUT2D eigenvalue weighted by Gasteiger charge is -2.15. The van der Waals surface area contributed by atoms with Gasteiger partial charge in [0, 0.05) is 30.3 Å². The van der Waals surface area contributed by atoms with Crippen LogP contribution in [0.3, 0.4) is 0 Å². The standard InChI is InChI=1S/C13H18ClN3O3S/c14-7-1-2-10-21(19,20)16-11-3-5-12(6-4-11)17-9-8-15-13(17)18/h3-6,16H,1-2,7-10H2,(H,15,18). The summed E-state index contributed by atoms with van der Waals surface area (Å²) in [6.45, 7) is 1.23. The van der Waals surface area contributed by atoms with Gasteiger partial charge in [-0.2, -0.15) is 0 Å². The fourth-order valence-corrected chi connectivity index (χ4v) is 3.41. The van der Waals surface area contributed by atoms with Gasteiger partial charge in [0.15, 0.2) is 0 Å². The molecule has 8 heteroatoms. The Morgan fingerprint density at radius 2 is 1.95 bits per heavy atom. The van der Waals surface area contributed by atoms with Gasteiger partial charge in [-0.25, -0.2) is 13.2 Å². The number of benzene rings is 1. The number of nitrogens with one attached hydrogen (secondary N) is 2. The summed E-state index contributed by atoms with van der Waals surface area (Å²) in [5.41, 5.74) is 1.24. The van der Waals surface area contributed by atoms with Crippen molar-refractivity contribution in [3.05, 3.63) is 24.3 Å². The molecule has 21 heavy (non-hydrogen) atoms. The Hall–Kier alpha value is -1.47. The van der Waals surface area contributed by atoms with E-state index in [0.29, 0.717) is 37.5 Å². The van der Waals surface area contributed by atoms with Crippen LogP contribution in [-0.2, 0) is 10.0 Å². The van der Waals surface area contributed by atoms with Gasteiger partial charge in [0.2, 0.25) is 10.0 Å². The van der Waals surface area contributed by atoms with Crippen molar-refractivity contribution in [3.63, 3.8) is 0 Å². The van der Waals surface area contributed by atoms with Gasteiger partial charge < -0.3 is 5.32 Å². The van der Waals surface area contributed by atoms with Crippen molar-refractivity contribution in [2.24, 2.45) is 0 Å². The fraction of sp³-hybridized carbons (Fsp3) is 0.462. The van der Waals surface area contributed by atoms with Gasteiger partial charge in [0.25, 0.3) is 0 Å². The Morgan fingerprint density at radius 3 is 2.52 bits per heavy atom. The number of unbranched alkanes of at least 4 members (excludes halogenated alkanes) is 1. The van der Waals surface area contributed by atoms with Gasteiger partial charge in [-0.1, -0.05) is 0 Å². The number of carbonyl (C=O) groups is 1. The number of hydrogen-bond donors (Lipinski definition) is 2. The lowest BCUT2D eigenvalue weighted by molar-refractivity contribution is 0.252. The molecule has 0 radical (unpaired) electrons. The first-order valence-corrected chi connectivity index (χ1v) is 8.92. The molecule has 1 aromatic rings. The predicted octanol–water partition coefficient (Wildman–Crippen LogP) is 1.98. The number of urea groups is 1. The van der Waals surface area contributed by atoms with E-state index in [2.05, 4.69) is 10.0 Å². The summed E-state index contributed by atoms with van der Waals surface area (Å²) in [5.74, 6) is 0.512. The number of rotatable bonds is 7. The van der Waals surface area contributed by atoms with Gasteiger partial charge >= 0.3 is 6.03 Å². The van der Waals surface area contributed by atoms with Crippen LogP contribution in [0.5, 0.6) is 0 Å². The summed E-state index contributed by atoms with van der Waals surface area (Å²) in [6, 6.07) is 6.62. The number of alkyl halides is 1. The average Bonchev–Trinajstić information content (AvgIpc) is 2.86. The van der Waals surface area contributed by atoms with E-state index in [-0.39, 0.29) is 11.8 Å². The highest BCUT2D eigenvalue weighted by Gasteiger charge is 2.20. The lowest BCUT2D eigenvalue weighted by atomic mass is 10.2. The Kier molecular flexibility index (Phi) is 5.30. The molecule has 0 aromatic heterocycles. The summed E-state index contributed by atoms with van der Waals surface area (Å²) >= 11 is 5.53. The smallest absolute Gasteiger partial charge is 0.321 e. The third kappa shape index (κ3) is 4.50. The summed E-state index contributed by atoms with van der Waals surface area (Å²) in [7, 11) is -3.35. The number of hydrogen-bond acceptors (Lipinski definition) is 3. The summed E-state index contributed by atoms with van der Waals surface area (Å²) in [4.78, 5) is 13.1. The first-order valence-electron chi connectivity index (χ1n) is 6.74. The van der Waals surface area contributed by atoms with Crippen molar-refractivity contribution < 1.29 is 13.2 Å². The SMILES string of the molecule is O=C1NCCN1c1ccc(NS(=O)(=O)CCCCCl)cc1. The van der Waals surface area contributed by atoms with E-state index in [9.17, 15) is 13.2 Å². The minimum absolute atomic E-state index is 0.0516. The van der Waals surface area contributed by atoms with Crippen LogP contribution in [0.15, 0.2) is 24.3 Å². The summed E-state index contributed by atoms with van der Waals surface area (Å²) < 4.78 is 26.2. The molecule has 0 aliphatic carbocycles. The molecule has 0 bridgehead atoms. The molecule has 6 nitrogen and oxygen atoms in total. The second-order valence-corrected chi connectivity index (χ2v) is 6.97. The molecule has 1 fully saturated rings. The zero-order chi connectivity index (χ0) is 15.3. The Balaban J connectivity index is 1.97. The molecule has 2 N–H and O–H groups in total. The van der Waals surface area contributed by atoms with Crippen LogP contribution >= 0.6 is 11.6 Å². The first kappa shape index (κ1) is 15.9. The fourth-order valence-electron chi connectivity index (χ4n) is 2.04. The van der Waals surface area contributed by atoms with Crippen LogP contribution in [0.2, 0.25) is 0 Å². The maximum atomic E-state index is 11.8. The zero-order valence-electron chi connectivity index (χ0n) is 11.5. The Labute approximate surface area is 129 Å². The highest BCUT2D eigenvalue weighted by atomic mass is 35.5. The second kappa shape index (κ2) is 7.00. The van der Waals surface area contributed by atoms with E-state index in [0.717, 1.165) is 5.69 Å². The molecule has 0 unspecified atom stereocenters. The number of carbonyl (C=O) groups excluding carboxylic acids is 1. The molecular weight excluding hydrogens is 314 g/mol. The largest absolute Gasteiger partial charge is 0.336 e. The molecule has 1 aliphatic heterocycles. The molecule has 0 atom stereocenters. The van der Waals surface area contributed by atoms with Crippen LogP contribution < -0.4 is 14.9 Å². The van der Waals surface area contributed by atoms with Gasteiger partial charge in [0.05, 0.1) is 5.75 Å². The van der Waals surface area contributed by atoms with Crippen LogP contribution in [0.1, 0.15) is 12.8 Å². The van der Waals surface area contributed by atoms with Crippen molar-refractivity contribution in [3.8, 4) is 0 Å². The third-order valence-corrected chi connectivity index (χ3v) is 4.75. The van der Waals surface area contributed by atoms with E-state index < -0.39 is 10.0 Å². The molecule has 0 saturated carbocycles. The topological polar surface area (TPSA) is 78.5 Å². The average molecular weight is 332 g/mol. The maximum Gasteiger partial charge on any atom is 0.321 e. The van der Waals surface area contributed by atoms with Gasteiger partial charge in [-0.05, 0) is 37.1 Å². The van der Waals surface area contributed by atoms with Gasteiger partial charge in [-0.15, -0.1) is 11.6 Å². The summed E-state index contributed by atoms with van der Waals surface area (Å²) in [5, 5.41) is 2.71. The molecular formula is C13H18ClN3O3S. The number of halogens is 1. The van der Waals surface area contributed by atoms with Gasteiger partial charge in [0.1, 0.15) is 0 Å². The minimum atomic E-state index is -3.35. The van der Waals surface area contributed by atoms with Crippen molar-refractivity contribution >= 4 is 39.0 Å². The molecule has 1 aromatic carbocycles. The van der Waals surface area contributed by atoms with Crippen molar-refractivity contribution in [1.29, 1.82) is 0 Å². The normalized spacial score (nSPS) is 15.1. The van der Waals surface area contributed by atoms with E-state index in [4.69, 9.17) is 11.6 Å². The minimum Gasteiger partial charge on any atom is -0.336 e. The number of sulfonamides is 1. The zero-order valence-corrected chi connectivity index (χ0v) is 13.1. The van der Waals surface area contributed by atoms with Crippen LogP contribution in [-0.4, -0.2) is 39.2 Å². The number of anilines is 2. The van der Waals surface area contributed by atoms with Crippen LogP contribution in [0.4, 0.5) is 16.2 Å². The van der Waals surface area contributed by atoms with Crippen molar-refractivity contribution in [1.82, 2.24) is 5.32 Å². The molecule has 0 spiro atoms. The highest BCUT2D eigenvalue weighted by Crippen LogP contribution is 2.20. The van der Waals surface area contributed by atoms with Crippen molar-refractivity contribution in [2.75, 3.05) is 34.3 Å². The van der Waals surface area contributed by atoms with Crippen LogP contribution in [0, 0.1) is 0 Å². The van der Waals surface area contributed by atoms with E-state index in [1.54, 1.807) is 29.2 Å². The molecule has 1 heterocycles. The predicted molar refractivity (Wildman–Crippen MR) is 84.6 cm³/mol. The molecule has 116 valence electrons. The van der Waals surface area contributed by atoms with E-state index in [1.165, 1.54) is 0 Å². The van der Waals surface area contributed by atoms with E-state index >= 15 is 0 Å². The maximum absolute atomic E-state index is 11.8. The Bertz CT molecular complexity index is 589. The molecule has 2 amide bonds. The molecule has 1 saturated heterocycles. The number of amides is 2. The van der Waals surface area contributed by atoms with Gasteiger partial charge in [-0.3, -0.25) is 9.62 Å². The lowest BCUT2D eigenvalue weighted by Crippen LogP contribution is -2.27. The quantitative estimate of drug-likeness (QED) is 0.592. The first-order chi connectivity index (χ1) is 10.0. The van der Waals surface area contributed by atoms with Crippen molar-refractivity contribution in [2.45, 2.75) is 12.8 Å². The third-order valence-electron chi connectivity index (χ3n) is 3.11. The van der Waals surface area contributed by atoms with Crippen LogP contribution in [0.25, 0.3) is 0 Å². The second-order valence-electron chi connectivity index (χ2n) is 4.75. The summed E-state index contributed by atoms with van der Waals surface area (Å²) in [6.07, 6.45) is 1.20.